The van der Waals surface area contributed by atoms with Crippen molar-refractivity contribution in [1.29, 1.82) is 0 Å². The first-order chi connectivity index (χ1) is 8.75. The quantitative estimate of drug-likeness (QED) is 0.644. The number of benzene rings is 1. The number of hydrogen-bond acceptors (Lipinski definition) is 3. The highest BCUT2D eigenvalue weighted by molar-refractivity contribution is 6.01. The number of ether oxygens (including phenoxy) is 1. The molecule has 0 radical (unpaired) electrons. The van der Waals surface area contributed by atoms with Gasteiger partial charge in [-0.05, 0) is 24.3 Å². The number of carbonyl (C=O) groups is 1. The van der Waals surface area contributed by atoms with E-state index in [0.717, 1.165) is 0 Å². The molecule has 0 spiro atoms. The number of nitrogens with two attached hydrogens (primary N) is 1. The van der Waals surface area contributed by atoms with Crippen molar-refractivity contribution in [1.82, 2.24) is 4.98 Å². The molecule has 1 aromatic heterocycles. The second-order valence-corrected chi connectivity index (χ2v) is 3.39. The van der Waals surface area contributed by atoms with Crippen LogP contribution in [0.5, 0.6) is 5.75 Å². The molecule has 0 aliphatic heterocycles. The molecule has 0 fully saturated rings. The number of amidine groups is 1. The molecule has 5 nitrogen and oxygen atoms in total. The SMILES string of the molecule is NC(=NC(=O)Oc1ccccc1)c1ccccn1. The zero-order valence-corrected chi connectivity index (χ0v) is 9.48. The van der Waals surface area contributed by atoms with E-state index in [-0.39, 0.29) is 5.84 Å². The van der Waals surface area contributed by atoms with Crippen LogP contribution in [0.2, 0.25) is 0 Å². The van der Waals surface area contributed by atoms with Gasteiger partial charge in [-0.1, -0.05) is 24.3 Å². The van der Waals surface area contributed by atoms with E-state index in [9.17, 15) is 4.79 Å². The minimum Gasteiger partial charge on any atom is -0.409 e. The number of para-hydroxylation sites is 1. The molecular formula is C13H11N3O2. The third-order valence-corrected chi connectivity index (χ3v) is 2.09. The lowest BCUT2D eigenvalue weighted by Crippen LogP contribution is -2.18. The summed E-state index contributed by atoms with van der Waals surface area (Å²) < 4.78 is 4.97. The fourth-order valence-electron chi connectivity index (χ4n) is 1.28. The maximum absolute atomic E-state index is 11.5. The Kier molecular flexibility index (Phi) is 3.66. The van der Waals surface area contributed by atoms with Crippen molar-refractivity contribution in [3.05, 3.63) is 60.4 Å². The molecule has 1 aromatic carbocycles. The smallest absolute Gasteiger partial charge is 0.409 e. The highest BCUT2D eigenvalue weighted by Gasteiger charge is 2.05. The maximum atomic E-state index is 11.5. The van der Waals surface area contributed by atoms with E-state index in [0.29, 0.717) is 11.4 Å². The van der Waals surface area contributed by atoms with Gasteiger partial charge >= 0.3 is 6.09 Å². The van der Waals surface area contributed by atoms with Gasteiger partial charge in [0.1, 0.15) is 11.4 Å². The first-order valence-corrected chi connectivity index (χ1v) is 5.28. The highest BCUT2D eigenvalue weighted by atomic mass is 16.5. The first-order valence-electron chi connectivity index (χ1n) is 5.28. The number of hydrogen-bond donors (Lipinski definition) is 1. The minimum atomic E-state index is -0.774. The van der Waals surface area contributed by atoms with Gasteiger partial charge in [0.05, 0.1) is 0 Å². The maximum Gasteiger partial charge on any atom is 0.441 e. The topological polar surface area (TPSA) is 77.6 Å². The molecule has 0 atom stereocenters. The second-order valence-electron chi connectivity index (χ2n) is 3.39. The largest absolute Gasteiger partial charge is 0.441 e. The summed E-state index contributed by atoms with van der Waals surface area (Å²) in [6.45, 7) is 0. The van der Waals surface area contributed by atoms with Gasteiger partial charge < -0.3 is 10.5 Å². The van der Waals surface area contributed by atoms with E-state index in [2.05, 4.69) is 9.98 Å². The van der Waals surface area contributed by atoms with E-state index in [1.807, 2.05) is 6.07 Å². The predicted molar refractivity (Wildman–Crippen MR) is 67.4 cm³/mol. The number of carbonyl (C=O) groups excluding carboxylic acids is 1. The summed E-state index contributed by atoms with van der Waals surface area (Å²) in [7, 11) is 0. The van der Waals surface area contributed by atoms with E-state index in [1.165, 1.54) is 0 Å². The van der Waals surface area contributed by atoms with Crippen molar-refractivity contribution in [3.8, 4) is 5.75 Å². The average molecular weight is 241 g/mol. The van der Waals surface area contributed by atoms with E-state index >= 15 is 0 Å². The van der Waals surface area contributed by atoms with Crippen LogP contribution in [-0.4, -0.2) is 16.9 Å². The van der Waals surface area contributed by atoms with Crippen molar-refractivity contribution in [3.63, 3.8) is 0 Å². The van der Waals surface area contributed by atoms with Crippen LogP contribution >= 0.6 is 0 Å². The lowest BCUT2D eigenvalue weighted by Gasteiger charge is -2.01. The van der Waals surface area contributed by atoms with Gasteiger partial charge in [-0.25, -0.2) is 4.79 Å². The van der Waals surface area contributed by atoms with Gasteiger partial charge in [0, 0.05) is 6.20 Å². The molecule has 0 saturated heterocycles. The fourth-order valence-corrected chi connectivity index (χ4v) is 1.28. The Balaban J connectivity index is 2.07. The summed E-state index contributed by atoms with van der Waals surface area (Å²) in [6.07, 6.45) is 0.796. The molecule has 2 aromatic rings. The van der Waals surface area contributed by atoms with Crippen molar-refractivity contribution in [2.24, 2.45) is 10.7 Å². The summed E-state index contributed by atoms with van der Waals surface area (Å²) >= 11 is 0. The molecule has 18 heavy (non-hydrogen) atoms. The molecular weight excluding hydrogens is 230 g/mol. The zero-order chi connectivity index (χ0) is 12.8. The van der Waals surface area contributed by atoms with Crippen LogP contribution in [0.1, 0.15) is 5.69 Å². The molecule has 5 heteroatoms. The molecule has 0 aliphatic rings. The van der Waals surface area contributed by atoms with Gasteiger partial charge in [-0.15, -0.1) is 0 Å². The Bertz CT molecular complexity index is 553. The summed E-state index contributed by atoms with van der Waals surface area (Å²) in [4.78, 5) is 19.1. The normalized spacial score (nSPS) is 11.0. The van der Waals surface area contributed by atoms with Gasteiger partial charge in [-0.2, -0.15) is 4.99 Å². The Hall–Kier alpha value is -2.69. The second kappa shape index (κ2) is 5.58. The van der Waals surface area contributed by atoms with Crippen LogP contribution in [0, 0.1) is 0 Å². The molecule has 0 saturated carbocycles. The fraction of sp³-hybridized carbons (Fsp3) is 0. The standard InChI is InChI=1S/C13H11N3O2/c14-12(11-8-4-5-9-15-11)16-13(17)18-10-6-2-1-3-7-10/h1-9H,(H2,14,16,17). The van der Waals surface area contributed by atoms with Crippen LogP contribution in [0.4, 0.5) is 4.79 Å². The van der Waals surface area contributed by atoms with Crippen molar-refractivity contribution in [2.45, 2.75) is 0 Å². The van der Waals surface area contributed by atoms with Crippen LogP contribution in [0.15, 0.2) is 59.7 Å². The van der Waals surface area contributed by atoms with Crippen molar-refractivity contribution in [2.75, 3.05) is 0 Å². The summed E-state index contributed by atoms with van der Waals surface area (Å²) in [5, 5.41) is 0. The molecule has 1 heterocycles. The molecule has 1 amide bonds. The Morgan fingerprint density at radius 3 is 2.50 bits per heavy atom. The van der Waals surface area contributed by atoms with E-state index < -0.39 is 6.09 Å². The van der Waals surface area contributed by atoms with Gasteiger partial charge in [0.25, 0.3) is 0 Å². The molecule has 2 rings (SSSR count). The Morgan fingerprint density at radius 1 is 1.11 bits per heavy atom. The van der Waals surface area contributed by atoms with Crippen LogP contribution in [-0.2, 0) is 0 Å². The minimum absolute atomic E-state index is 0.0246. The Morgan fingerprint density at radius 2 is 1.83 bits per heavy atom. The summed E-state index contributed by atoms with van der Waals surface area (Å²) in [5.41, 5.74) is 6.07. The molecule has 90 valence electrons. The molecule has 0 bridgehead atoms. The van der Waals surface area contributed by atoms with Gasteiger partial charge in [0.15, 0.2) is 5.84 Å². The molecule has 0 unspecified atom stereocenters. The number of aliphatic imine (C=N–C) groups is 1. The third kappa shape index (κ3) is 3.15. The summed E-state index contributed by atoms with van der Waals surface area (Å²) in [5.74, 6) is 0.441. The van der Waals surface area contributed by atoms with Crippen molar-refractivity contribution < 1.29 is 9.53 Å². The number of aromatic nitrogens is 1. The average Bonchev–Trinajstić information content (AvgIpc) is 2.40. The van der Waals surface area contributed by atoms with Crippen LogP contribution in [0.3, 0.4) is 0 Å². The van der Waals surface area contributed by atoms with Crippen LogP contribution < -0.4 is 10.5 Å². The third-order valence-electron chi connectivity index (χ3n) is 2.09. The van der Waals surface area contributed by atoms with Crippen molar-refractivity contribution >= 4 is 11.9 Å². The highest BCUT2D eigenvalue weighted by Crippen LogP contribution is 2.09. The first kappa shape index (κ1) is 11.8. The molecule has 2 N–H and O–H groups in total. The monoisotopic (exact) mass is 241 g/mol. The summed E-state index contributed by atoms with van der Waals surface area (Å²) in [6, 6.07) is 13.8. The Labute approximate surface area is 104 Å². The van der Waals surface area contributed by atoms with Crippen LogP contribution in [0.25, 0.3) is 0 Å². The number of pyridine rings is 1. The van der Waals surface area contributed by atoms with E-state index in [4.69, 9.17) is 10.5 Å². The predicted octanol–water partition coefficient (Wildman–Crippen LogP) is 1.99. The number of rotatable bonds is 2. The lowest BCUT2D eigenvalue weighted by atomic mass is 10.3. The van der Waals surface area contributed by atoms with Gasteiger partial charge in [0.2, 0.25) is 0 Å². The van der Waals surface area contributed by atoms with Gasteiger partial charge in [-0.3, -0.25) is 4.98 Å². The number of nitrogens with zero attached hydrogens (tertiary/aromatic N) is 2. The lowest BCUT2D eigenvalue weighted by molar-refractivity contribution is 0.211. The number of amides is 1. The zero-order valence-electron chi connectivity index (χ0n) is 9.48. The van der Waals surface area contributed by atoms with E-state index in [1.54, 1.807) is 48.7 Å². The molecule has 0 aliphatic carbocycles.